The van der Waals surface area contributed by atoms with E-state index < -0.39 is 0 Å². The SMILES string of the molecule is CCCCOC1=CC(=Nc2ccc(N)c(C)c2C)C(=N)CC1=N. The van der Waals surface area contributed by atoms with Crippen LogP contribution >= 0.6 is 0 Å². The number of anilines is 1. The van der Waals surface area contributed by atoms with Crippen LogP contribution in [0.5, 0.6) is 0 Å². The molecule has 1 aromatic carbocycles. The van der Waals surface area contributed by atoms with Crippen molar-refractivity contribution in [3.63, 3.8) is 0 Å². The Balaban J connectivity index is 2.34. The molecule has 0 heterocycles. The predicted molar refractivity (Wildman–Crippen MR) is 96.4 cm³/mol. The molecule has 23 heavy (non-hydrogen) atoms. The van der Waals surface area contributed by atoms with Gasteiger partial charge in [0.1, 0.15) is 5.76 Å². The number of hydrogen-bond donors (Lipinski definition) is 3. The first-order valence-electron chi connectivity index (χ1n) is 7.88. The van der Waals surface area contributed by atoms with Gasteiger partial charge < -0.3 is 21.3 Å². The summed E-state index contributed by atoms with van der Waals surface area (Å²) in [7, 11) is 0. The molecule has 0 aliphatic heterocycles. The van der Waals surface area contributed by atoms with Gasteiger partial charge >= 0.3 is 0 Å². The number of ether oxygens (including phenoxy) is 1. The number of nitrogens with two attached hydrogens (primary N) is 1. The standard InChI is InChI=1S/C18H24N4O/c1-4-5-8-23-18-10-17(14(20)9-15(18)21)22-16-7-6-13(19)11(2)12(16)3/h6-7,10,20-21H,4-5,8-9,19H2,1-3H3. The van der Waals surface area contributed by atoms with Crippen LogP contribution < -0.4 is 5.73 Å². The lowest BCUT2D eigenvalue weighted by molar-refractivity contribution is 0.225. The number of hydrogen-bond acceptors (Lipinski definition) is 5. The molecular formula is C18H24N4O. The average molecular weight is 312 g/mol. The molecule has 0 saturated carbocycles. The first kappa shape index (κ1) is 16.9. The number of rotatable bonds is 5. The van der Waals surface area contributed by atoms with Crippen molar-refractivity contribution in [2.45, 2.75) is 40.0 Å². The molecule has 0 saturated heterocycles. The number of aliphatic imine (C=N–C) groups is 1. The lowest BCUT2D eigenvalue weighted by Gasteiger charge is -2.18. The van der Waals surface area contributed by atoms with E-state index in [-0.39, 0.29) is 6.42 Å². The van der Waals surface area contributed by atoms with Crippen molar-refractivity contribution >= 4 is 28.5 Å². The molecule has 5 heteroatoms. The minimum absolute atomic E-state index is 0.254. The van der Waals surface area contributed by atoms with Crippen molar-refractivity contribution < 1.29 is 4.74 Å². The zero-order chi connectivity index (χ0) is 17.0. The largest absolute Gasteiger partial charge is 0.492 e. The molecule has 4 N–H and O–H groups in total. The molecule has 2 rings (SSSR count). The lowest BCUT2D eigenvalue weighted by atomic mass is 9.99. The third kappa shape index (κ3) is 3.86. The van der Waals surface area contributed by atoms with Crippen LogP contribution in [-0.2, 0) is 4.74 Å². The third-order valence-electron chi connectivity index (χ3n) is 4.02. The second-order valence-electron chi connectivity index (χ2n) is 5.77. The van der Waals surface area contributed by atoms with Gasteiger partial charge in [-0.05, 0) is 43.5 Å². The van der Waals surface area contributed by atoms with Crippen molar-refractivity contribution in [3.8, 4) is 0 Å². The number of nitrogen functional groups attached to an aromatic ring is 1. The fourth-order valence-corrected chi connectivity index (χ4v) is 2.29. The Hall–Kier alpha value is -2.43. The monoisotopic (exact) mass is 312 g/mol. The smallest absolute Gasteiger partial charge is 0.142 e. The second kappa shape index (κ2) is 7.22. The maximum Gasteiger partial charge on any atom is 0.142 e. The summed E-state index contributed by atoms with van der Waals surface area (Å²) in [5, 5.41) is 16.1. The number of allylic oxidation sites excluding steroid dienone is 2. The Morgan fingerprint density at radius 2 is 1.91 bits per heavy atom. The molecule has 1 aliphatic rings. The quantitative estimate of drug-likeness (QED) is 0.563. The predicted octanol–water partition coefficient (Wildman–Crippen LogP) is 4.10. The summed E-state index contributed by atoms with van der Waals surface area (Å²) in [5.74, 6) is 0.526. The van der Waals surface area contributed by atoms with Gasteiger partial charge in [-0.1, -0.05) is 13.3 Å². The van der Waals surface area contributed by atoms with Gasteiger partial charge in [0, 0.05) is 18.2 Å². The molecule has 0 bridgehead atoms. The van der Waals surface area contributed by atoms with Crippen molar-refractivity contribution in [1.82, 2.24) is 0 Å². The first-order valence-corrected chi connectivity index (χ1v) is 7.88. The molecule has 5 nitrogen and oxygen atoms in total. The van der Waals surface area contributed by atoms with Crippen molar-refractivity contribution in [2.24, 2.45) is 4.99 Å². The molecule has 0 unspecified atom stereocenters. The van der Waals surface area contributed by atoms with Crippen LogP contribution in [0.4, 0.5) is 11.4 Å². The van der Waals surface area contributed by atoms with Gasteiger partial charge in [-0.2, -0.15) is 0 Å². The average Bonchev–Trinajstić information content (AvgIpc) is 2.52. The van der Waals surface area contributed by atoms with E-state index in [2.05, 4.69) is 11.9 Å². The molecule has 1 aliphatic carbocycles. The molecular weight excluding hydrogens is 288 g/mol. The highest BCUT2D eigenvalue weighted by Crippen LogP contribution is 2.27. The molecule has 1 aromatic rings. The van der Waals surface area contributed by atoms with Crippen LogP contribution in [0.3, 0.4) is 0 Å². The normalized spacial score (nSPS) is 16.7. The van der Waals surface area contributed by atoms with Crippen LogP contribution in [0, 0.1) is 24.7 Å². The highest BCUT2D eigenvalue weighted by Gasteiger charge is 2.20. The number of nitrogens with zero attached hydrogens (tertiary/aromatic N) is 1. The van der Waals surface area contributed by atoms with Crippen LogP contribution in [0.1, 0.15) is 37.3 Å². The van der Waals surface area contributed by atoms with Crippen molar-refractivity contribution in [3.05, 3.63) is 35.1 Å². The summed E-state index contributed by atoms with van der Waals surface area (Å²) in [6, 6.07) is 3.70. The second-order valence-corrected chi connectivity index (χ2v) is 5.77. The van der Waals surface area contributed by atoms with Gasteiger partial charge in [0.25, 0.3) is 0 Å². The van der Waals surface area contributed by atoms with Crippen molar-refractivity contribution in [2.75, 3.05) is 12.3 Å². The van der Waals surface area contributed by atoms with Gasteiger partial charge in [-0.25, -0.2) is 4.99 Å². The summed E-state index contributed by atoms with van der Waals surface area (Å²) in [6.45, 7) is 6.62. The highest BCUT2D eigenvalue weighted by molar-refractivity contribution is 6.51. The topological polar surface area (TPSA) is 95.3 Å². The highest BCUT2D eigenvalue weighted by atomic mass is 16.5. The maximum absolute atomic E-state index is 8.10. The fourth-order valence-electron chi connectivity index (χ4n) is 2.29. The van der Waals surface area contributed by atoms with Gasteiger partial charge in [0.05, 0.1) is 29.4 Å². The van der Waals surface area contributed by atoms with Gasteiger partial charge in [0.15, 0.2) is 0 Å². The van der Waals surface area contributed by atoms with E-state index in [0.29, 0.717) is 29.5 Å². The summed E-state index contributed by atoms with van der Waals surface area (Å²) < 4.78 is 5.66. The Kier molecular flexibility index (Phi) is 5.32. The molecule has 122 valence electrons. The third-order valence-corrected chi connectivity index (χ3v) is 4.02. The summed E-state index contributed by atoms with van der Waals surface area (Å²) in [6.07, 6.45) is 3.95. The van der Waals surface area contributed by atoms with E-state index in [1.54, 1.807) is 6.08 Å². The Bertz CT molecular complexity index is 701. The van der Waals surface area contributed by atoms with Crippen LogP contribution in [0.2, 0.25) is 0 Å². The fraction of sp³-hybridized carbons (Fsp3) is 0.389. The minimum atomic E-state index is 0.254. The van der Waals surface area contributed by atoms with Crippen LogP contribution in [0.25, 0.3) is 0 Å². The summed E-state index contributed by atoms with van der Waals surface area (Å²) in [5.41, 5.74) is 10.7. The van der Waals surface area contributed by atoms with Crippen LogP contribution in [-0.4, -0.2) is 23.7 Å². The molecule has 0 amide bonds. The van der Waals surface area contributed by atoms with E-state index in [0.717, 1.165) is 35.3 Å². The Morgan fingerprint density at radius 3 is 2.61 bits per heavy atom. The van der Waals surface area contributed by atoms with Gasteiger partial charge in [-0.15, -0.1) is 0 Å². The summed E-state index contributed by atoms with van der Waals surface area (Å²) >= 11 is 0. The van der Waals surface area contributed by atoms with Crippen molar-refractivity contribution in [1.29, 1.82) is 10.8 Å². The molecule has 0 radical (unpaired) electrons. The Morgan fingerprint density at radius 1 is 1.17 bits per heavy atom. The van der Waals surface area contributed by atoms with Crippen LogP contribution in [0.15, 0.2) is 29.0 Å². The zero-order valence-electron chi connectivity index (χ0n) is 14.0. The van der Waals surface area contributed by atoms with Gasteiger partial charge in [0.2, 0.25) is 0 Å². The first-order chi connectivity index (χ1) is 10.9. The van der Waals surface area contributed by atoms with E-state index in [1.807, 2.05) is 26.0 Å². The zero-order valence-corrected chi connectivity index (χ0v) is 14.0. The summed E-state index contributed by atoms with van der Waals surface area (Å²) in [4.78, 5) is 4.60. The Labute approximate surface area is 137 Å². The molecule has 0 atom stereocenters. The number of nitrogens with one attached hydrogen (secondary N) is 2. The molecule has 0 fully saturated rings. The number of unbranched alkanes of at least 4 members (excludes halogenated alkanes) is 1. The van der Waals surface area contributed by atoms with E-state index >= 15 is 0 Å². The molecule has 0 spiro atoms. The van der Waals surface area contributed by atoms with E-state index in [4.69, 9.17) is 21.3 Å². The molecule has 0 aromatic heterocycles. The lowest BCUT2D eigenvalue weighted by Crippen LogP contribution is -2.24. The van der Waals surface area contributed by atoms with E-state index in [1.165, 1.54) is 0 Å². The van der Waals surface area contributed by atoms with Gasteiger partial charge in [-0.3, -0.25) is 0 Å². The number of benzene rings is 1. The minimum Gasteiger partial charge on any atom is -0.492 e. The maximum atomic E-state index is 8.10. The van der Waals surface area contributed by atoms with E-state index in [9.17, 15) is 0 Å².